The van der Waals surface area contributed by atoms with Gasteiger partial charge < -0.3 is 14.9 Å². The average Bonchev–Trinajstić information content (AvgIpc) is 2.53. The maximum absolute atomic E-state index is 14.5. The lowest BCUT2D eigenvalue weighted by atomic mass is 9.76. The van der Waals surface area contributed by atoms with Gasteiger partial charge in [0.05, 0.1) is 11.3 Å². The fourth-order valence-corrected chi connectivity index (χ4v) is 4.58. The first-order valence-electron chi connectivity index (χ1n) is 9.67. The minimum absolute atomic E-state index is 0.101. The molecule has 1 aromatic rings. The smallest absolute Gasteiger partial charge is 0.147 e. The van der Waals surface area contributed by atoms with E-state index < -0.39 is 5.60 Å². The third-order valence-corrected chi connectivity index (χ3v) is 6.34. The Balaban J connectivity index is 1.56. The molecule has 0 amide bonds. The summed E-state index contributed by atoms with van der Waals surface area (Å²) < 4.78 is 14.5. The van der Waals surface area contributed by atoms with Crippen molar-refractivity contribution >= 4 is 17.5 Å². The van der Waals surface area contributed by atoms with Gasteiger partial charge in [0.2, 0.25) is 0 Å². The SMILES string of the molecule is CC(C)(O)C1CCC(N2CC=Cc3cc(F)c(N4CCC4)cc32)CC1. The van der Waals surface area contributed by atoms with Crippen LogP contribution in [0.3, 0.4) is 0 Å². The first-order valence-corrected chi connectivity index (χ1v) is 9.67. The molecule has 4 heteroatoms. The summed E-state index contributed by atoms with van der Waals surface area (Å²) in [4.78, 5) is 4.59. The van der Waals surface area contributed by atoms with Crippen LogP contribution in [0.15, 0.2) is 18.2 Å². The van der Waals surface area contributed by atoms with Gasteiger partial charge in [-0.2, -0.15) is 0 Å². The normalized spacial score (nSPS) is 26.4. The van der Waals surface area contributed by atoms with Gasteiger partial charge in [-0.3, -0.25) is 0 Å². The van der Waals surface area contributed by atoms with Crippen LogP contribution in [-0.4, -0.2) is 36.4 Å². The van der Waals surface area contributed by atoms with Crippen LogP contribution >= 0.6 is 0 Å². The molecule has 0 aromatic heterocycles. The zero-order valence-electron chi connectivity index (χ0n) is 15.3. The molecule has 3 nitrogen and oxygen atoms in total. The van der Waals surface area contributed by atoms with Crippen molar-refractivity contribution in [3.63, 3.8) is 0 Å². The van der Waals surface area contributed by atoms with Crippen molar-refractivity contribution in [1.29, 1.82) is 0 Å². The predicted molar refractivity (Wildman–Crippen MR) is 102 cm³/mol. The van der Waals surface area contributed by atoms with Crippen LogP contribution < -0.4 is 9.80 Å². The Bertz CT molecular complexity index is 667. The zero-order valence-corrected chi connectivity index (χ0v) is 15.3. The van der Waals surface area contributed by atoms with Crippen LogP contribution in [0.2, 0.25) is 0 Å². The summed E-state index contributed by atoms with van der Waals surface area (Å²) in [6.07, 6.45) is 9.66. The molecule has 0 radical (unpaired) electrons. The maximum Gasteiger partial charge on any atom is 0.147 e. The van der Waals surface area contributed by atoms with Crippen LogP contribution in [0.5, 0.6) is 0 Å². The van der Waals surface area contributed by atoms with E-state index in [1.807, 2.05) is 13.8 Å². The van der Waals surface area contributed by atoms with Gasteiger partial charge in [0, 0.05) is 36.9 Å². The number of halogens is 1. The highest BCUT2D eigenvalue weighted by Crippen LogP contribution is 2.40. The van der Waals surface area contributed by atoms with E-state index in [0.717, 1.165) is 63.0 Å². The van der Waals surface area contributed by atoms with Gasteiger partial charge in [-0.25, -0.2) is 4.39 Å². The molecule has 1 aromatic carbocycles. The molecule has 0 atom stereocenters. The van der Waals surface area contributed by atoms with Crippen LogP contribution in [0.25, 0.3) is 6.08 Å². The third-order valence-electron chi connectivity index (χ3n) is 6.34. The molecule has 1 N–H and O–H groups in total. The van der Waals surface area contributed by atoms with Gasteiger partial charge in [-0.1, -0.05) is 12.2 Å². The second-order valence-electron chi connectivity index (χ2n) is 8.42. The molecule has 0 spiro atoms. The van der Waals surface area contributed by atoms with Gasteiger partial charge in [0.25, 0.3) is 0 Å². The van der Waals surface area contributed by atoms with E-state index in [9.17, 15) is 9.50 Å². The second-order valence-corrected chi connectivity index (χ2v) is 8.42. The Morgan fingerprint density at radius 1 is 1.08 bits per heavy atom. The average molecular weight is 344 g/mol. The Labute approximate surface area is 150 Å². The lowest BCUT2D eigenvalue weighted by molar-refractivity contribution is -0.00149. The maximum atomic E-state index is 14.5. The first kappa shape index (κ1) is 16.9. The van der Waals surface area contributed by atoms with Gasteiger partial charge in [-0.15, -0.1) is 0 Å². The van der Waals surface area contributed by atoms with Crippen LogP contribution in [0, 0.1) is 11.7 Å². The molecule has 0 unspecified atom stereocenters. The van der Waals surface area contributed by atoms with E-state index in [1.54, 1.807) is 6.07 Å². The van der Waals surface area contributed by atoms with Gasteiger partial charge in [0.1, 0.15) is 5.82 Å². The molecule has 4 rings (SSSR count). The van der Waals surface area contributed by atoms with Crippen molar-refractivity contribution in [3.05, 3.63) is 29.6 Å². The van der Waals surface area contributed by atoms with Crippen LogP contribution in [0.1, 0.15) is 51.5 Å². The van der Waals surface area contributed by atoms with E-state index >= 15 is 0 Å². The predicted octanol–water partition coefficient (Wildman–Crippen LogP) is 4.20. The fraction of sp³-hybridized carbons (Fsp3) is 0.619. The summed E-state index contributed by atoms with van der Waals surface area (Å²) >= 11 is 0. The third kappa shape index (κ3) is 3.17. The summed E-state index contributed by atoms with van der Waals surface area (Å²) in [6.45, 7) is 6.68. The van der Waals surface area contributed by atoms with E-state index in [1.165, 1.54) is 5.69 Å². The van der Waals surface area contributed by atoms with Crippen molar-refractivity contribution in [1.82, 2.24) is 0 Å². The van der Waals surface area contributed by atoms with Gasteiger partial charge >= 0.3 is 0 Å². The standard InChI is InChI=1S/C21H29FN2O/c1-21(2,25)16-6-8-17(9-7-16)24-12-3-5-15-13-18(22)20(14-19(15)24)23-10-4-11-23/h3,5,13-14,16-17,25H,4,6-12H2,1-2H3. The number of fused-ring (bicyclic) bond motifs is 1. The first-order chi connectivity index (χ1) is 11.9. The van der Waals surface area contributed by atoms with Crippen molar-refractivity contribution < 1.29 is 9.50 Å². The highest BCUT2D eigenvalue weighted by molar-refractivity contribution is 5.76. The van der Waals surface area contributed by atoms with E-state index in [4.69, 9.17) is 0 Å². The molecule has 3 aliphatic rings. The number of aliphatic hydroxyl groups is 1. The summed E-state index contributed by atoms with van der Waals surface area (Å²) in [5, 5.41) is 10.3. The highest BCUT2D eigenvalue weighted by Gasteiger charge is 2.34. The summed E-state index contributed by atoms with van der Waals surface area (Å²) in [5.74, 6) is 0.282. The number of benzene rings is 1. The molecular formula is C21H29FN2O. The molecule has 136 valence electrons. The molecule has 1 aliphatic carbocycles. The van der Waals surface area contributed by atoms with Crippen LogP contribution in [0.4, 0.5) is 15.8 Å². The lowest BCUT2D eigenvalue weighted by Crippen LogP contribution is -2.43. The number of nitrogens with zero attached hydrogens (tertiary/aromatic N) is 2. The van der Waals surface area contributed by atoms with E-state index in [0.29, 0.717) is 12.0 Å². The summed E-state index contributed by atoms with van der Waals surface area (Å²) in [7, 11) is 0. The second kappa shape index (κ2) is 6.31. The molecule has 2 aliphatic heterocycles. The lowest BCUT2D eigenvalue weighted by Gasteiger charge is -2.43. The fourth-order valence-electron chi connectivity index (χ4n) is 4.58. The quantitative estimate of drug-likeness (QED) is 0.890. The van der Waals surface area contributed by atoms with Crippen molar-refractivity contribution in [2.24, 2.45) is 5.92 Å². The molecular weight excluding hydrogens is 315 g/mol. The largest absolute Gasteiger partial charge is 0.390 e. The monoisotopic (exact) mass is 344 g/mol. The number of rotatable bonds is 3. The number of hydrogen-bond acceptors (Lipinski definition) is 3. The summed E-state index contributed by atoms with van der Waals surface area (Å²) in [5.41, 5.74) is 2.35. The molecule has 1 saturated heterocycles. The number of hydrogen-bond donors (Lipinski definition) is 1. The minimum atomic E-state index is -0.585. The number of anilines is 2. The molecule has 2 fully saturated rings. The van der Waals surface area contributed by atoms with Crippen molar-refractivity contribution in [2.45, 2.75) is 57.6 Å². The highest BCUT2D eigenvalue weighted by atomic mass is 19.1. The topological polar surface area (TPSA) is 26.7 Å². The van der Waals surface area contributed by atoms with Crippen molar-refractivity contribution in [2.75, 3.05) is 29.4 Å². The van der Waals surface area contributed by atoms with E-state index in [2.05, 4.69) is 28.0 Å². The summed E-state index contributed by atoms with van der Waals surface area (Å²) in [6, 6.07) is 4.25. The zero-order chi connectivity index (χ0) is 17.6. The Kier molecular flexibility index (Phi) is 4.27. The van der Waals surface area contributed by atoms with Gasteiger partial charge in [-0.05, 0) is 64.0 Å². The Morgan fingerprint density at radius 3 is 2.40 bits per heavy atom. The Morgan fingerprint density at radius 2 is 1.80 bits per heavy atom. The van der Waals surface area contributed by atoms with Gasteiger partial charge in [0.15, 0.2) is 0 Å². The van der Waals surface area contributed by atoms with Crippen LogP contribution in [-0.2, 0) is 0 Å². The van der Waals surface area contributed by atoms with E-state index in [-0.39, 0.29) is 5.82 Å². The van der Waals surface area contributed by atoms with Crippen molar-refractivity contribution in [3.8, 4) is 0 Å². The molecule has 2 heterocycles. The minimum Gasteiger partial charge on any atom is -0.390 e. The molecule has 1 saturated carbocycles. The molecule has 0 bridgehead atoms. The Hall–Kier alpha value is -1.55. The molecule has 25 heavy (non-hydrogen) atoms.